The minimum Gasteiger partial charge on any atom is -0.184 e. The zero-order valence-electron chi connectivity index (χ0n) is 21.9. The highest BCUT2D eigenvalue weighted by atomic mass is 32.1. The van der Waals surface area contributed by atoms with Crippen molar-refractivity contribution in [2.45, 2.75) is 41.5 Å². The van der Waals surface area contributed by atoms with Gasteiger partial charge in [-0.2, -0.15) is 4.57 Å². The van der Waals surface area contributed by atoms with E-state index in [9.17, 15) is 0 Å². The molecule has 1 aromatic heterocycles. The summed E-state index contributed by atoms with van der Waals surface area (Å²) in [4.78, 5) is 0. The summed E-state index contributed by atoms with van der Waals surface area (Å²) in [7, 11) is 2.17. The number of hydrogen-bond donors (Lipinski definition) is 0. The fourth-order valence-corrected chi connectivity index (χ4v) is 7.10. The first-order chi connectivity index (χ1) is 16.7. The van der Waals surface area contributed by atoms with Gasteiger partial charge in [-0.15, -0.1) is 0 Å². The Bertz CT molecular complexity index is 1460. The van der Waals surface area contributed by atoms with Gasteiger partial charge < -0.3 is 0 Å². The van der Waals surface area contributed by atoms with Gasteiger partial charge in [-0.1, -0.05) is 110 Å². The molecule has 1 heterocycles. The molecule has 5 rings (SSSR count). The van der Waals surface area contributed by atoms with E-state index in [1.165, 1.54) is 70.6 Å². The lowest BCUT2D eigenvalue weighted by molar-refractivity contribution is -0.629. The van der Waals surface area contributed by atoms with Crippen molar-refractivity contribution in [1.82, 2.24) is 0 Å². The van der Waals surface area contributed by atoms with Crippen molar-refractivity contribution in [3.8, 4) is 10.6 Å². The predicted molar refractivity (Wildman–Crippen MR) is 154 cm³/mol. The average Bonchev–Trinajstić information content (AvgIpc) is 3.13. The molecule has 4 aromatic carbocycles. The fraction of sp³-hybridized carbons (Fsp3) is 0.219. The predicted octanol–water partition coefficient (Wildman–Crippen LogP) is 5.76. The van der Waals surface area contributed by atoms with Crippen molar-refractivity contribution in [1.29, 1.82) is 0 Å². The van der Waals surface area contributed by atoms with Gasteiger partial charge in [0, 0.05) is 6.07 Å². The van der Waals surface area contributed by atoms with Gasteiger partial charge in [0.05, 0.1) is 5.56 Å². The van der Waals surface area contributed by atoms with E-state index in [1.54, 1.807) is 0 Å². The topological polar surface area (TPSA) is 3.88 Å². The molecule has 0 fully saturated rings. The molecule has 1 nitrogen and oxygen atoms in total. The largest absolute Gasteiger partial charge is 0.269 e. The second-order valence-corrected chi connectivity index (χ2v) is 11.1. The van der Waals surface area contributed by atoms with Crippen LogP contribution in [0.2, 0.25) is 0 Å². The molecule has 35 heavy (non-hydrogen) atoms. The van der Waals surface area contributed by atoms with Crippen LogP contribution in [-0.2, 0) is 7.05 Å². The third-order valence-corrected chi connectivity index (χ3v) is 8.55. The molecule has 0 saturated carbocycles. The summed E-state index contributed by atoms with van der Waals surface area (Å²) in [5.74, 6) is 0. The van der Waals surface area contributed by atoms with Gasteiger partial charge in [-0.05, 0) is 59.7 Å². The van der Waals surface area contributed by atoms with Gasteiger partial charge in [-0.3, -0.25) is 0 Å². The monoisotopic (exact) mass is 474 g/mol. The smallest absolute Gasteiger partial charge is 0.184 e. The Morgan fingerprint density at radius 3 is 1.60 bits per heavy atom. The molecule has 0 bridgehead atoms. The molecule has 0 spiro atoms. The second kappa shape index (κ2) is 9.13. The molecule has 174 valence electrons. The first kappa shape index (κ1) is 23.6. The molecule has 0 atom stereocenters. The van der Waals surface area contributed by atoms with Gasteiger partial charge in [0.1, 0.15) is 11.7 Å². The van der Waals surface area contributed by atoms with Crippen molar-refractivity contribution in [3.63, 3.8) is 0 Å². The zero-order valence-corrected chi connectivity index (χ0v) is 22.7. The highest BCUT2D eigenvalue weighted by molar-refractivity contribution is 7.21. The Morgan fingerprint density at radius 1 is 0.629 bits per heavy atom. The van der Waals surface area contributed by atoms with Crippen molar-refractivity contribution < 1.29 is 4.57 Å². The van der Waals surface area contributed by atoms with E-state index in [0.717, 1.165) is 0 Å². The Morgan fingerprint density at radius 2 is 1.11 bits per heavy atom. The molecule has 0 aliphatic heterocycles. The number of benzene rings is 4. The SMILES string of the molecule is Cc1cc(C)c(B(c2ccc(-c3sc4ccccc4[n+]3C)cc2)c2c(C)cc(C)cc2C)c(C)c1. The number of thiazole rings is 1. The molecule has 0 radical (unpaired) electrons. The lowest BCUT2D eigenvalue weighted by atomic mass is 9.34. The maximum absolute atomic E-state index is 2.35. The maximum Gasteiger partial charge on any atom is 0.269 e. The van der Waals surface area contributed by atoms with Gasteiger partial charge in [0.2, 0.25) is 12.2 Å². The van der Waals surface area contributed by atoms with Crippen LogP contribution in [-0.4, -0.2) is 6.71 Å². The number of rotatable bonds is 4. The first-order valence-electron chi connectivity index (χ1n) is 12.4. The highest BCUT2D eigenvalue weighted by Crippen LogP contribution is 2.27. The molecule has 0 saturated heterocycles. The lowest BCUT2D eigenvalue weighted by Crippen LogP contribution is -2.55. The number of aryl methyl sites for hydroxylation is 7. The van der Waals surface area contributed by atoms with E-state index >= 15 is 0 Å². The first-order valence-corrected chi connectivity index (χ1v) is 13.2. The molecule has 0 aliphatic carbocycles. The van der Waals surface area contributed by atoms with E-state index in [2.05, 4.69) is 126 Å². The number of nitrogens with zero attached hydrogens (tertiary/aromatic N) is 1. The summed E-state index contributed by atoms with van der Waals surface area (Å²) >= 11 is 1.86. The van der Waals surface area contributed by atoms with Crippen LogP contribution in [0.25, 0.3) is 20.8 Å². The van der Waals surface area contributed by atoms with Gasteiger partial charge in [0.15, 0.2) is 0 Å². The summed E-state index contributed by atoms with van der Waals surface area (Å²) in [6.45, 7) is 13.7. The summed E-state index contributed by atoms with van der Waals surface area (Å²) < 4.78 is 3.64. The number of para-hydroxylation sites is 1. The third kappa shape index (κ3) is 4.23. The Kier molecular flexibility index (Phi) is 6.15. The van der Waals surface area contributed by atoms with Crippen LogP contribution in [0.3, 0.4) is 0 Å². The Labute approximate surface area is 214 Å². The fourth-order valence-electron chi connectivity index (χ4n) is 5.94. The third-order valence-electron chi connectivity index (χ3n) is 7.28. The van der Waals surface area contributed by atoms with Crippen LogP contribution in [0, 0.1) is 41.5 Å². The van der Waals surface area contributed by atoms with Crippen LogP contribution in [0.5, 0.6) is 0 Å². The van der Waals surface area contributed by atoms with Gasteiger partial charge in [-0.25, -0.2) is 0 Å². The number of hydrogen-bond acceptors (Lipinski definition) is 1. The minimum absolute atomic E-state index is 0.210. The highest BCUT2D eigenvalue weighted by Gasteiger charge is 2.29. The average molecular weight is 475 g/mol. The second-order valence-electron chi connectivity index (χ2n) is 10.1. The van der Waals surface area contributed by atoms with E-state index in [1.807, 2.05) is 11.3 Å². The molecule has 0 aliphatic rings. The minimum atomic E-state index is 0.210. The summed E-state index contributed by atoms with van der Waals surface area (Å²) in [5.41, 5.74) is 14.9. The van der Waals surface area contributed by atoms with Gasteiger partial charge in [0.25, 0.3) is 5.01 Å². The number of fused-ring (bicyclic) bond motifs is 1. The standard InChI is InChI=1S/C32H33BNS/c1-20-16-22(3)30(23(4)17-20)33(31-24(5)18-21(2)19-25(31)6)27-14-12-26(13-15-27)32-34(7)28-10-8-9-11-29(28)35-32/h8-19H,1-7H3/q+1. The summed E-state index contributed by atoms with van der Waals surface area (Å²) in [6.07, 6.45) is 0. The summed E-state index contributed by atoms with van der Waals surface area (Å²) in [6, 6.07) is 27.3. The Hall–Kier alpha value is -3.17. The molecule has 5 aromatic rings. The summed E-state index contributed by atoms with van der Waals surface area (Å²) in [5, 5.41) is 1.29. The quantitative estimate of drug-likeness (QED) is 0.230. The molecule has 3 heteroatoms. The van der Waals surface area contributed by atoms with Crippen LogP contribution in [0.15, 0.2) is 72.8 Å². The zero-order chi connectivity index (χ0) is 24.9. The van der Waals surface area contributed by atoms with Crippen LogP contribution in [0.4, 0.5) is 0 Å². The molecular formula is C32H33BNS+. The van der Waals surface area contributed by atoms with E-state index in [-0.39, 0.29) is 6.71 Å². The maximum atomic E-state index is 2.35. The Balaban J connectivity index is 1.69. The molecule has 0 N–H and O–H groups in total. The van der Waals surface area contributed by atoms with Crippen molar-refractivity contribution in [2.24, 2.45) is 7.05 Å². The van der Waals surface area contributed by atoms with E-state index in [4.69, 9.17) is 0 Å². The van der Waals surface area contributed by atoms with Crippen molar-refractivity contribution in [2.75, 3.05) is 0 Å². The molecule has 0 amide bonds. The van der Waals surface area contributed by atoms with Gasteiger partial charge >= 0.3 is 0 Å². The van der Waals surface area contributed by atoms with E-state index in [0.29, 0.717) is 0 Å². The van der Waals surface area contributed by atoms with E-state index < -0.39 is 0 Å². The molecular weight excluding hydrogens is 441 g/mol. The number of aromatic nitrogens is 1. The molecule has 0 unspecified atom stereocenters. The lowest BCUT2D eigenvalue weighted by Gasteiger charge is -2.24. The van der Waals surface area contributed by atoms with Crippen LogP contribution in [0.1, 0.15) is 33.4 Å². The van der Waals surface area contributed by atoms with Crippen molar-refractivity contribution >= 4 is 44.7 Å². The van der Waals surface area contributed by atoms with Crippen molar-refractivity contribution in [3.05, 3.63) is 106 Å². The normalized spacial score (nSPS) is 11.3. The van der Waals surface area contributed by atoms with Crippen LogP contribution < -0.4 is 21.0 Å². The van der Waals surface area contributed by atoms with Crippen LogP contribution >= 0.6 is 11.3 Å².